The van der Waals surface area contributed by atoms with E-state index < -0.39 is 0 Å². The van der Waals surface area contributed by atoms with Crippen LogP contribution in [-0.4, -0.2) is 11.0 Å². The molecule has 0 aliphatic heterocycles. The lowest BCUT2D eigenvalue weighted by atomic mass is 9.89. The first-order valence-electron chi connectivity index (χ1n) is 8.99. The van der Waals surface area contributed by atoms with Gasteiger partial charge in [0, 0.05) is 29.1 Å². The molecule has 2 heteroatoms. The van der Waals surface area contributed by atoms with E-state index in [9.17, 15) is 0 Å². The molecule has 0 amide bonds. The molecule has 1 saturated carbocycles. The van der Waals surface area contributed by atoms with Gasteiger partial charge in [-0.15, -0.1) is 0 Å². The van der Waals surface area contributed by atoms with E-state index in [1.54, 1.807) is 0 Å². The Labute approximate surface area is 140 Å². The van der Waals surface area contributed by atoms with Gasteiger partial charge < -0.3 is 5.32 Å². The fourth-order valence-electron chi connectivity index (χ4n) is 3.76. The van der Waals surface area contributed by atoms with Crippen LogP contribution in [0.3, 0.4) is 0 Å². The van der Waals surface area contributed by atoms with Crippen LogP contribution in [-0.2, 0) is 12.0 Å². The molecule has 1 N–H and O–H groups in total. The number of fused-ring (bicyclic) bond motifs is 1. The summed E-state index contributed by atoms with van der Waals surface area (Å²) >= 11 is 0. The van der Waals surface area contributed by atoms with Crippen LogP contribution in [0, 0.1) is 13.8 Å². The minimum Gasteiger partial charge on any atom is -0.310 e. The van der Waals surface area contributed by atoms with Crippen molar-refractivity contribution in [3.05, 3.63) is 40.6 Å². The smallest absolute Gasteiger partial charge is 0.0714 e. The third-order valence-corrected chi connectivity index (χ3v) is 5.04. The molecular formula is C21H30N2. The summed E-state index contributed by atoms with van der Waals surface area (Å²) in [5.74, 6) is 0. The topological polar surface area (TPSA) is 24.9 Å². The van der Waals surface area contributed by atoms with Crippen molar-refractivity contribution in [2.24, 2.45) is 0 Å². The van der Waals surface area contributed by atoms with Gasteiger partial charge in [-0.3, -0.25) is 4.98 Å². The Morgan fingerprint density at radius 1 is 1.09 bits per heavy atom. The number of rotatable bonds is 3. The van der Waals surface area contributed by atoms with Crippen LogP contribution in [0.5, 0.6) is 0 Å². The monoisotopic (exact) mass is 310 g/mol. The molecular weight excluding hydrogens is 280 g/mol. The predicted octanol–water partition coefficient (Wildman–Crippen LogP) is 5.18. The molecule has 2 nitrogen and oxygen atoms in total. The maximum absolute atomic E-state index is 4.98. The molecule has 1 aliphatic carbocycles. The largest absolute Gasteiger partial charge is 0.310 e. The van der Waals surface area contributed by atoms with Crippen molar-refractivity contribution in [3.63, 3.8) is 0 Å². The Kier molecular flexibility index (Phi) is 4.46. The highest BCUT2D eigenvalue weighted by atomic mass is 14.9. The Bertz CT molecular complexity index is 704. The van der Waals surface area contributed by atoms with Gasteiger partial charge in [0.2, 0.25) is 0 Å². The fraction of sp³-hybridized carbons (Fsp3) is 0.571. The second kappa shape index (κ2) is 6.24. The van der Waals surface area contributed by atoms with Gasteiger partial charge in [-0.1, -0.05) is 39.7 Å². The molecule has 0 saturated heterocycles. The number of hydrogen-bond donors (Lipinski definition) is 1. The normalized spacial score (nSPS) is 16.4. The zero-order chi connectivity index (χ0) is 16.6. The highest BCUT2D eigenvalue weighted by molar-refractivity contribution is 5.86. The summed E-state index contributed by atoms with van der Waals surface area (Å²) in [6, 6.07) is 7.53. The van der Waals surface area contributed by atoms with E-state index >= 15 is 0 Å². The zero-order valence-corrected chi connectivity index (χ0v) is 15.3. The Morgan fingerprint density at radius 2 is 1.78 bits per heavy atom. The third kappa shape index (κ3) is 3.58. The number of aromatic nitrogens is 1. The van der Waals surface area contributed by atoms with Gasteiger partial charge in [-0.25, -0.2) is 0 Å². The van der Waals surface area contributed by atoms with Gasteiger partial charge in [0.25, 0.3) is 0 Å². The van der Waals surface area contributed by atoms with Crippen LogP contribution < -0.4 is 5.32 Å². The lowest BCUT2D eigenvalue weighted by molar-refractivity contribution is 0.523. The standard InChI is InChI=1S/C21H30N2/c1-14-10-15(2)20-16(13-22-17-8-6-7-9-17)12-19(21(3,4)5)23-18(20)11-14/h10-12,17,22H,6-9,13H2,1-5H3. The van der Waals surface area contributed by atoms with Crippen molar-refractivity contribution in [2.45, 2.75) is 78.3 Å². The van der Waals surface area contributed by atoms with E-state index in [1.165, 1.54) is 53.5 Å². The van der Waals surface area contributed by atoms with Gasteiger partial charge in [-0.2, -0.15) is 0 Å². The van der Waals surface area contributed by atoms with E-state index in [-0.39, 0.29) is 5.41 Å². The molecule has 1 heterocycles. The van der Waals surface area contributed by atoms with E-state index in [2.05, 4.69) is 58.1 Å². The second-order valence-electron chi connectivity index (χ2n) is 8.25. The molecule has 124 valence electrons. The molecule has 1 aromatic carbocycles. The lowest BCUT2D eigenvalue weighted by Gasteiger charge is -2.22. The fourth-order valence-corrected chi connectivity index (χ4v) is 3.76. The summed E-state index contributed by atoms with van der Waals surface area (Å²) in [6.45, 7) is 12.1. The average molecular weight is 310 g/mol. The van der Waals surface area contributed by atoms with Gasteiger partial charge in [0.05, 0.1) is 5.52 Å². The maximum atomic E-state index is 4.98. The van der Waals surface area contributed by atoms with E-state index in [4.69, 9.17) is 4.98 Å². The number of nitrogens with zero attached hydrogens (tertiary/aromatic N) is 1. The van der Waals surface area contributed by atoms with Gasteiger partial charge >= 0.3 is 0 Å². The highest BCUT2D eigenvalue weighted by Gasteiger charge is 2.20. The van der Waals surface area contributed by atoms with Crippen LogP contribution in [0.4, 0.5) is 0 Å². The van der Waals surface area contributed by atoms with Crippen molar-refractivity contribution < 1.29 is 0 Å². The van der Waals surface area contributed by atoms with Crippen molar-refractivity contribution in [2.75, 3.05) is 0 Å². The van der Waals surface area contributed by atoms with Crippen molar-refractivity contribution in [3.8, 4) is 0 Å². The van der Waals surface area contributed by atoms with Gasteiger partial charge in [0.15, 0.2) is 0 Å². The first-order chi connectivity index (χ1) is 10.8. The van der Waals surface area contributed by atoms with Crippen molar-refractivity contribution in [1.82, 2.24) is 10.3 Å². The van der Waals surface area contributed by atoms with Crippen LogP contribution in [0.2, 0.25) is 0 Å². The van der Waals surface area contributed by atoms with E-state index in [1.807, 2.05) is 0 Å². The molecule has 1 aromatic heterocycles. The van der Waals surface area contributed by atoms with Crippen molar-refractivity contribution >= 4 is 10.9 Å². The SMILES string of the molecule is Cc1cc(C)c2c(CNC3CCCC3)cc(C(C)(C)C)nc2c1. The molecule has 23 heavy (non-hydrogen) atoms. The molecule has 3 rings (SSSR count). The first kappa shape index (κ1) is 16.4. The quantitative estimate of drug-likeness (QED) is 0.844. The molecule has 0 spiro atoms. The molecule has 0 bridgehead atoms. The van der Waals surface area contributed by atoms with Gasteiger partial charge in [0.1, 0.15) is 0 Å². The molecule has 1 fully saturated rings. The predicted molar refractivity (Wildman–Crippen MR) is 99.0 cm³/mol. The molecule has 0 unspecified atom stereocenters. The van der Waals surface area contributed by atoms with Crippen LogP contribution in [0.25, 0.3) is 10.9 Å². The van der Waals surface area contributed by atoms with Gasteiger partial charge in [-0.05, 0) is 55.5 Å². The first-order valence-corrected chi connectivity index (χ1v) is 8.99. The zero-order valence-electron chi connectivity index (χ0n) is 15.3. The van der Waals surface area contributed by atoms with E-state index in [0.717, 1.165) is 12.1 Å². The minimum absolute atomic E-state index is 0.0773. The Hall–Kier alpha value is -1.41. The second-order valence-corrected chi connectivity index (χ2v) is 8.25. The average Bonchev–Trinajstić information content (AvgIpc) is 2.96. The number of benzene rings is 1. The number of aryl methyl sites for hydroxylation is 2. The molecule has 0 atom stereocenters. The number of nitrogens with one attached hydrogen (secondary N) is 1. The highest BCUT2D eigenvalue weighted by Crippen LogP contribution is 2.29. The molecule has 0 radical (unpaired) electrons. The molecule has 1 aliphatic rings. The number of hydrogen-bond acceptors (Lipinski definition) is 2. The summed E-state index contributed by atoms with van der Waals surface area (Å²) in [4.78, 5) is 4.98. The molecule has 2 aromatic rings. The summed E-state index contributed by atoms with van der Waals surface area (Å²) in [5, 5.41) is 5.12. The van der Waals surface area contributed by atoms with Crippen LogP contribution in [0.1, 0.15) is 68.8 Å². The summed E-state index contributed by atoms with van der Waals surface area (Å²) in [7, 11) is 0. The number of pyridine rings is 1. The minimum atomic E-state index is 0.0773. The van der Waals surface area contributed by atoms with Crippen molar-refractivity contribution in [1.29, 1.82) is 0 Å². The Morgan fingerprint density at radius 3 is 2.43 bits per heavy atom. The van der Waals surface area contributed by atoms with E-state index in [0.29, 0.717) is 6.04 Å². The Balaban J connectivity index is 2.04. The third-order valence-electron chi connectivity index (χ3n) is 5.04. The summed E-state index contributed by atoms with van der Waals surface area (Å²) < 4.78 is 0. The van der Waals surface area contributed by atoms with Crippen LogP contribution >= 0.6 is 0 Å². The lowest BCUT2D eigenvalue weighted by Crippen LogP contribution is -2.26. The van der Waals surface area contributed by atoms with Crippen LogP contribution in [0.15, 0.2) is 18.2 Å². The maximum Gasteiger partial charge on any atom is 0.0714 e. The summed E-state index contributed by atoms with van der Waals surface area (Å²) in [5.41, 5.74) is 6.47. The summed E-state index contributed by atoms with van der Waals surface area (Å²) in [6.07, 6.45) is 5.40.